The first-order valence-corrected chi connectivity index (χ1v) is 12.8. The number of amides is 1. The molecule has 1 aliphatic rings. The maximum absolute atomic E-state index is 13.7. The highest BCUT2D eigenvalue weighted by atomic mass is 35.5. The Morgan fingerprint density at radius 3 is 2.54 bits per heavy atom. The average Bonchev–Trinajstić information content (AvgIpc) is 3.20. The van der Waals surface area contributed by atoms with E-state index >= 15 is 0 Å². The molecular weight excluding hydrogens is 531 g/mol. The fourth-order valence-electron chi connectivity index (χ4n) is 5.23. The summed E-state index contributed by atoms with van der Waals surface area (Å²) < 4.78 is 43.5. The van der Waals surface area contributed by atoms with Crippen molar-refractivity contribution in [2.45, 2.75) is 44.7 Å². The molecule has 0 saturated heterocycles. The van der Waals surface area contributed by atoms with Gasteiger partial charge in [0.1, 0.15) is 17.6 Å². The fraction of sp³-hybridized carbons (Fsp3) is 0.286. The number of fused-ring (bicyclic) bond motifs is 1. The standard InChI is InChI=1S/C28H23ClF3N5O2/c29-18-12-21(25(26(31)32)34-14-18)27(38)35-20-8-5-16(6-9-20)15-36-23-3-1-2-4-24(23)37(28(36)39)22-10-7-19(30)11-17(22)13-33/h1-4,7,10-12,14,16,20,26H,5-6,8-9,15H2,(H,35,38). The number of rotatable bonds is 6. The number of imidazole rings is 1. The van der Waals surface area contributed by atoms with E-state index in [0.29, 0.717) is 48.9 Å². The Balaban J connectivity index is 1.33. The summed E-state index contributed by atoms with van der Waals surface area (Å²) >= 11 is 5.87. The molecule has 2 aromatic carbocycles. The Labute approximate surface area is 226 Å². The van der Waals surface area contributed by atoms with Gasteiger partial charge in [-0.05, 0) is 68.0 Å². The van der Waals surface area contributed by atoms with Crippen LogP contribution in [-0.2, 0) is 6.54 Å². The van der Waals surface area contributed by atoms with Crippen LogP contribution in [0.3, 0.4) is 0 Å². The second-order valence-corrected chi connectivity index (χ2v) is 10.0. The quantitative estimate of drug-likeness (QED) is 0.328. The molecule has 1 fully saturated rings. The molecule has 39 heavy (non-hydrogen) atoms. The van der Waals surface area contributed by atoms with Crippen LogP contribution in [0.4, 0.5) is 13.2 Å². The summed E-state index contributed by atoms with van der Waals surface area (Å²) in [5.74, 6) is -1.08. The van der Waals surface area contributed by atoms with E-state index in [1.54, 1.807) is 16.7 Å². The van der Waals surface area contributed by atoms with Gasteiger partial charge in [-0.1, -0.05) is 23.7 Å². The van der Waals surface area contributed by atoms with Crippen LogP contribution in [0, 0.1) is 23.1 Å². The molecule has 4 aromatic rings. The van der Waals surface area contributed by atoms with E-state index in [-0.39, 0.29) is 33.8 Å². The zero-order valence-electron chi connectivity index (χ0n) is 20.6. The van der Waals surface area contributed by atoms with Crippen LogP contribution < -0.4 is 11.0 Å². The largest absolute Gasteiger partial charge is 0.349 e. The molecule has 11 heteroatoms. The molecule has 1 amide bonds. The number of para-hydroxylation sites is 2. The lowest BCUT2D eigenvalue weighted by molar-refractivity contribution is 0.0904. The summed E-state index contributed by atoms with van der Waals surface area (Å²) in [6.45, 7) is 0.420. The first-order chi connectivity index (χ1) is 18.8. The Bertz CT molecular complexity index is 1650. The van der Waals surface area contributed by atoms with Crippen molar-refractivity contribution in [3.8, 4) is 11.8 Å². The summed E-state index contributed by atoms with van der Waals surface area (Å²) in [4.78, 5) is 29.9. The van der Waals surface area contributed by atoms with Gasteiger partial charge >= 0.3 is 5.69 Å². The third-order valence-corrected chi connectivity index (χ3v) is 7.32. The van der Waals surface area contributed by atoms with Gasteiger partial charge in [0.05, 0.1) is 32.9 Å². The number of carbonyl (C=O) groups excluding carboxylic acids is 1. The number of hydrogen-bond donors (Lipinski definition) is 1. The van der Waals surface area contributed by atoms with Crippen LogP contribution in [0.1, 0.15) is 53.7 Å². The van der Waals surface area contributed by atoms with E-state index < -0.39 is 23.8 Å². The number of carbonyl (C=O) groups is 1. The van der Waals surface area contributed by atoms with Crippen molar-refractivity contribution in [3.05, 3.63) is 92.9 Å². The third kappa shape index (κ3) is 5.27. The first-order valence-electron chi connectivity index (χ1n) is 12.4. The predicted octanol–water partition coefficient (Wildman–Crippen LogP) is 5.78. The number of nitrogens with one attached hydrogen (secondary N) is 1. The lowest BCUT2D eigenvalue weighted by Gasteiger charge is -2.29. The first kappa shape index (κ1) is 26.5. The average molecular weight is 554 g/mol. The van der Waals surface area contributed by atoms with Gasteiger partial charge in [-0.3, -0.25) is 18.9 Å². The van der Waals surface area contributed by atoms with Crippen LogP contribution in [0.25, 0.3) is 16.7 Å². The molecule has 0 unspecified atom stereocenters. The van der Waals surface area contributed by atoms with Crippen molar-refractivity contribution >= 4 is 28.5 Å². The molecule has 1 saturated carbocycles. The molecule has 2 aromatic heterocycles. The monoisotopic (exact) mass is 553 g/mol. The SMILES string of the molecule is N#Cc1cc(F)ccc1-n1c(=O)n(CC2CCC(NC(=O)c3cc(Cl)cnc3C(F)F)CC2)c2ccccc21. The molecule has 7 nitrogen and oxygen atoms in total. The van der Waals surface area contributed by atoms with Crippen LogP contribution >= 0.6 is 11.6 Å². The Kier molecular flexibility index (Phi) is 7.44. The lowest BCUT2D eigenvalue weighted by Crippen LogP contribution is -2.39. The Morgan fingerprint density at radius 2 is 1.85 bits per heavy atom. The minimum absolute atomic E-state index is 0.0566. The maximum Gasteiger partial charge on any atom is 0.333 e. The summed E-state index contributed by atoms with van der Waals surface area (Å²) in [5.41, 5.74) is 0.488. The molecule has 0 bridgehead atoms. The molecule has 5 rings (SSSR count). The van der Waals surface area contributed by atoms with E-state index in [2.05, 4.69) is 10.3 Å². The predicted molar refractivity (Wildman–Crippen MR) is 140 cm³/mol. The topological polar surface area (TPSA) is 92.7 Å². The Hall–Kier alpha value is -4.10. The number of alkyl halides is 2. The number of nitrogens with zero attached hydrogens (tertiary/aromatic N) is 4. The van der Waals surface area contributed by atoms with Crippen molar-refractivity contribution in [3.63, 3.8) is 0 Å². The molecule has 2 heterocycles. The van der Waals surface area contributed by atoms with Gasteiger partial charge in [0, 0.05) is 18.8 Å². The number of halogens is 4. The smallest absolute Gasteiger partial charge is 0.333 e. The van der Waals surface area contributed by atoms with Crippen molar-refractivity contribution in [1.29, 1.82) is 5.26 Å². The molecule has 1 aliphatic carbocycles. The summed E-state index contributed by atoms with van der Waals surface area (Å²) in [5, 5.41) is 12.5. The van der Waals surface area contributed by atoms with Crippen LogP contribution in [0.5, 0.6) is 0 Å². The molecule has 200 valence electrons. The summed E-state index contributed by atoms with van der Waals surface area (Å²) in [7, 11) is 0. The fourth-order valence-corrected chi connectivity index (χ4v) is 5.38. The highest BCUT2D eigenvalue weighted by Gasteiger charge is 2.27. The number of aromatic nitrogens is 3. The van der Waals surface area contributed by atoms with E-state index in [4.69, 9.17) is 11.6 Å². The Morgan fingerprint density at radius 1 is 1.13 bits per heavy atom. The maximum atomic E-state index is 13.7. The zero-order chi connectivity index (χ0) is 27.7. The van der Waals surface area contributed by atoms with Gasteiger partial charge in [-0.25, -0.2) is 18.0 Å². The van der Waals surface area contributed by atoms with Gasteiger partial charge in [-0.15, -0.1) is 0 Å². The number of benzene rings is 2. The lowest BCUT2D eigenvalue weighted by atomic mass is 9.85. The molecule has 0 atom stereocenters. The van der Waals surface area contributed by atoms with E-state index in [1.165, 1.54) is 22.8 Å². The van der Waals surface area contributed by atoms with Crippen LogP contribution in [-0.4, -0.2) is 26.1 Å². The van der Waals surface area contributed by atoms with Gasteiger partial charge in [0.15, 0.2) is 0 Å². The third-order valence-electron chi connectivity index (χ3n) is 7.11. The highest BCUT2D eigenvalue weighted by Crippen LogP contribution is 2.29. The van der Waals surface area contributed by atoms with Gasteiger partial charge in [0.25, 0.3) is 12.3 Å². The van der Waals surface area contributed by atoms with Crippen molar-refractivity contribution in [2.75, 3.05) is 0 Å². The second-order valence-electron chi connectivity index (χ2n) is 9.57. The molecule has 0 aliphatic heterocycles. The molecule has 0 radical (unpaired) electrons. The van der Waals surface area contributed by atoms with E-state index in [9.17, 15) is 28.0 Å². The van der Waals surface area contributed by atoms with E-state index in [1.807, 2.05) is 18.2 Å². The molecular formula is C28H23ClF3N5O2. The number of nitriles is 1. The van der Waals surface area contributed by atoms with Gasteiger partial charge < -0.3 is 5.32 Å². The van der Waals surface area contributed by atoms with Gasteiger partial charge in [0.2, 0.25) is 0 Å². The normalized spacial score (nSPS) is 17.3. The highest BCUT2D eigenvalue weighted by molar-refractivity contribution is 6.30. The number of hydrogen-bond acceptors (Lipinski definition) is 4. The summed E-state index contributed by atoms with van der Waals surface area (Å²) in [6, 6.07) is 13.9. The van der Waals surface area contributed by atoms with Crippen LogP contribution in [0.15, 0.2) is 59.5 Å². The summed E-state index contributed by atoms with van der Waals surface area (Å²) in [6.07, 6.45) is 0.801. The van der Waals surface area contributed by atoms with Crippen LogP contribution in [0.2, 0.25) is 5.02 Å². The van der Waals surface area contributed by atoms with E-state index in [0.717, 1.165) is 12.3 Å². The minimum atomic E-state index is -2.90. The molecule has 0 spiro atoms. The number of pyridine rings is 1. The van der Waals surface area contributed by atoms with Crippen molar-refractivity contribution < 1.29 is 18.0 Å². The second kappa shape index (κ2) is 10.9. The molecule has 1 N–H and O–H groups in total. The zero-order valence-corrected chi connectivity index (χ0v) is 21.3. The van der Waals surface area contributed by atoms with Crippen molar-refractivity contribution in [2.24, 2.45) is 5.92 Å². The minimum Gasteiger partial charge on any atom is -0.349 e. The van der Waals surface area contributed by atoms with Gasteiger partial charge in [-0.2, -0.15) is 5.26 Å². The van der Waals surface area contributed by atoms with Crippen molar-refractivity contribution in [1.82, 2.24) is 19.4 Å².